The summed E-state index contributed by atoms with van der Waals surface area (Å²) >= 11 is 0. The molecule has 0 spiro atoms. The van der Waals surface area contributed by atoms with Crippen molar-refractivity contribution in [1.82, 2.24) is 15.1 Å². The SMILES string of the molecule is CC(=O)N1C2C=C(CN3[C@@H]4CC[C@H]3CC(NC(=O)Nc3cc(F)cc(C(F)(F)F)c3)C4)CC1CCC2. The molecule has 3 unspecified atom stereocenters. The molecule has 196 valence electrons. The molecule has 6 nitrogen and oxygen atoms in total. The lowest BCUT2D eigenvalue weighted by atomic mass is 9.84. The molecular formula is C26H32F4N4O2. The maximum atomic E-state index is 13.6. The first-order chi connectivity index (χ1) is 17.1. The largest absolute Gasteiger partial charge is 0.416 e. The highest BCUT2D eigenvalue weighted by Crippen LogP contribution is 2.39. The molecule has 4 aliphatic heterocycles. The van der Waals surface area contributed by atoms with E-state index in [1.807, 2.05) is 4.90 Å². The number of carbonyl (C=O) groups is 2. The molecule has 4 aliphatic rings. The molecule has 1 aromatic rings. The maximum absolute atomic E-state index is 13.6. The molecule has 10 heteroatoms. The van der Waals surface area contributed by atoms with Gasteiger partial charge in [-0.05, 0) is 69.6 Å². The Kier molecular flexibility index (Phi) is 6.74. The third kappa shape index (κ3) is 5.23. The van der Waals surface area contributed by atoms with Crippen molar-refractivity contribution in [3.05, 3.63) is 41.2 Å². The topological polar surface area (TPSA) is 64.7 Å². The van der Waals surface area contributed by atoms with Gasteiger partial charge in [-0.25, -0.2) is 9.18 Å². The number of piperidine rings is 2. The Morgan fingerprint density at radius 3 is 2.39 bits per heavy atom. The number of benzene rings is 1. The van der Waals surface area contributed by atoms with Crippen LogP contribution in [-0.2, 0) is 11.0 Å². The molecule has 4 bridgehead atoms. The van der Waals surface area contributed by atoms with Crippen LogP contribution in [0.4, 0.5) is 28.0 Å². The molecule has 0 aliphatic carbocycles. The summed E-state index contributed by atoms with van der Waals surface area (Å²) in [7, 11) is 0. The Morgan fingerprint density at radius 2 is 1.75 bits per heavy atom. The van der Waals surface area contributed by atoms with E-state index in [1.54, 1.807) is 6.92 Å². The summed E-state index contributed by atoms with van der Waals surface area (Å²) in [6, 6.07) is 2.44. The van der Waals surface area contributed by atoms with E-state index in [0.29, 0.717) is 24.2 Å². The first-order valence-corrected chi connectivity index (χ1v) is 12.8. The fraction of sp³-hybridized carbons (Fsp3) is 0.615. The van der Waals surface area contributed by atoms with Gasteiger partial charge in [-0.1, -0.05) is 11.6 Å². The smallest absolute Gasteiger partial charge is 0.335 e. The van der Waals surface area contributed by atoms with Gasteiger partial charge >= 0.3 is 12.2 Å². The van der Waals surface area contributed by atoms with Gasteiger partial charge in [0.05, 0.1) is 11.6 Å². The number of anilines is 1. The van der Waals surface area contributed by atoms with E-state index in [1.165, 1.54) is 5.57 Å². The molecule has 5 atom stereocenters. The van der Waals surface area contributed by atoms with Crippen molar-refractivity contribution in [3.8, 4) is 0 Å². The minimum absolute atomic E-state index is 0.0951. The molecule has 0 radical (unpaired) electrons. The average Bonchev–Trinajstić information content (AvgIpc) is 2.99. The van der Waals surface area contributed by atoms with Crippen LogP contribution in [0, 0.1) is 5.82 Å². The summed E-state index contributed by atoms with van der Waals surface area (Å²) in [5.41, 5.74) is 0.0289. The Balaban J connectivity index is 1.18. The van der Waals surface area contributed by atoms with Crippen molar-refractivity contribution >= 4 is 17.6 Å². The maximum Gasteiger partial charge on any atom is 0.416 e. The highest BCUT2D eigenvalue weighted by molar-refractivity contribution is 5.89. The van der Waals surface area contributed by atoms with Gasteiger partial charge in [0, 0.05) is 43.3 Å². The van der Waals surface area contributed by atoms with Crippen LogP contribution in [0.2, 0.25) is 0 Å². The quantitative estimate of drug-likeness (QED) is 0.442. The number of fused-ring (bicyclic) bond motifs is 4. The first-order valence-electron chi connectivity index (χ1n) is 12.8. The van der Waals surface area contributed by atoms with Crippen molar-refractivity contribution in [1.29, 1.82) is 0 Å². The van der Waals surface area contributed by atoms with Gasteiger partial charge in [0.25, 0.3) is 0 Å². The standard InChI is InChI=1S/C26H32F4N4O2/c1-15(35)34-23-3-2-4-24(34)8-16(7-23)14-33-21-5-6-22(33)13-20(12-21)32-25(36)31-19-10-17(26(28,29)30)9-18(27)11-19/h7,9-11,20-24H,2-6,8,12-14H2,1H3,(H2,31,32,36)/t20?,21-,22+,23?,24?. The molecule has 3 saturated heterocycles. The second-order valence-electron chi connectivity index (χ2n) is 10.7. The van der Waals surface area contributed by atoms with Crippen molar-refractivity contribution < 1.29 is 27.2 Å². The second-order valence-corrected chi connectivity index (χ2v) is 10.7. The lowest BCUT2D eigenvalue weighted by Crippen LogP contribution is -2.54. The molecule has 4 heterocycles. The molecule has 0 aromatic heterocycles. The minimum atomic E-state index is -4.70. The molecule has 3 fully saturated rings. The molecule has 1 aromatic carbocycles. The fourth-order valence-electron chi connectivity index (χ4n) is 6.79. The summed E-state index contributed by atoms with van der Waals surface area (Å²) in [6.07, 6.45) is 5.36. The van der Waals surface area contributed by atoms with Crippen LogP contribution >= 0.6 is 0 Å². The molecule has 0 saturated carbocycles. The Hall–Kier alpha value is -2.62. The molecule has 36 heavy (non-hydrogen) atoms. The Labute approximate surface area is 208 Å². The van der Waals surface area contributed by atoms with Gasteiger partial charge in [0.1, 0.15) is 5.82 Å². The summed E-state index contributed by atoms with van der Waals surface area (Å²) in [5.74, 6) is -0.905. The summed E-state index contributed by atoms with van der Waals surface area (Å²) in [5, 5.41) is 5.24. The van der Waals surface area contributed by atoms with Crippen LogP contribution in [0.1, 0.15) is 63.9 Å². The van der Waals surface area contributed by atoms with E-state index >= 15 is 0 Å². The van der Waals surface area contributed by atoms with E-state index in [0.717, 1.165) is 70.0 Å². The molecule has 2 N–H and O–H groups in total. The Morgan fingerprint density at radius 1 is 1.03 bits per heavy atom. The molecule has 5 rings (SSSR count). The van der Waals surface area contributed by atoms with Gasteiger partial charge in [-0.15, -0.1) is 0 Å². The summed E-state index contributed by atoms with van der Waals surface area (Å²) in [6.45, 7) is 2.54. The molecular weight excluding hydrogens is 476 g/mol. The highest BCUT2D eigenvalue weighted by atomic mass is 19.4. The lowest BCUT2D eigenvalue weighted by Gasteiger charge is -2.46. The fourth-order valence-corrected chi connectivity index (χ4v) is 6.79. The van der Waals surface area contributed by atoms with Crippen LogP contribution in [-0.4, -0.2) is 58.5 Å². The third-order valence-electron chi connectivity index (χ3n) is 8.17. The number of rotatable bonds is 4. The van der Waals surface area contributed by atoms with Crippen LogP contribution in [0.25, 0.3) is 0 Å². The van der Waals surface area contributed by atoms with E-state index in [4.69, 9.17) is 0 Å². The zero-order chi connectivity index (χ0) is 25.6. The number of nitrogens with one attached hydrogen (secondary N) is 2. The van der Waals surface area contributed by atoms with E-state index < -0.39 is 23.6 Å². The van der Waals surface area contributed by atoms with Gasteiger partial charge in [-0.3, -0.25) is 9.69 Å². The normalized spacial score (nSPS) is 30.1. The molecule has 3 amide bonds. The number of nitrogens with zero attached hydrogens (tertiary/aromatic N) is 2. The lowest BCUT2D eigenvalue weighted by molar-refractivity contribution is -0.138. The number of hydrogen-bond acceptors (Lipinski definition) is 3. The third-order valence-corrected chi connectivity index (χ3v) is 8.17. The predicted octanol–water partition coefficient (Wildman–Crippen LogP) is 5.06. The number of carbonyl (C=O) groups excluding carboxylic acids is 2. The minimum Gasteiger partial charge on any atom is -0.335 e. The number of alkyl halides is 3. The summed E-state index contributed by atoms with van der Waals surface area (Å²) < 4.78 is 52.5. The van der Waals surface area contributed by atoms with Gasteiger partial charge in [0.15, 0.2) is 0 Å². The predicted molar refractivity (Wildman–Crippen MR) is 127 cm³/mol. The number of urea groups is 1. The highest BCUT2D eigenvalue weighted by Gasteiger charge is 2.43. The van der Waals surface area contributed by atoms with E-state index in [9.17, 15) is 27.2 Å². The van der Waals surface area contributed by atoms with Crippen molar-refractivity contribution in [2.24, 2.45) is 0 Å². The van der Waals surface area contributed by atoms with Crippen LogP contribution in [0.3, 0.4) is 0 Å². The Bertz CT molecular complexity index is 1040. The second kappa shape index (κ2) is 9.68. The zero-order valence-electron chi connectivity index (χ0n) is 20.3. The van der Waals surface area contributed by atoms with Crippen molar-refractivity contribution in [2.45, 2.75) is 94.7 Å². The van der Waals surface area contributed by atoms with E-state index in [2.05, 4.69) is 21.6 Å². The van der Waals surface area contributed by atoms with Crippen LogP contribution < -0.4 is 10.6 Å². The van der Waals surface area contributed by atoms with Crippen LogP contribution in [0.15, 0.2) is 29.8 Å². The van der Waals surface area contributed by atoms with Crippen molar-refractivity contribution in [2.75, 3.05) is 11.9 Å². The monoisotopic (exact) mass is 508 g/mol. The average molecular weight is 509 g/mol. The van der Waals surface area contributed by atoms with E-state index in [-0.39, 0.29) is 23.7 Å². The van der Waals surface area contributed by atoms with Crippen LogP contribution in [0.5, 0.6) is 0 Å². The van der Waals surface area contributed by atoms with Gasteiger partial charge in [0.2, 0.25) is 5.91 Å². The number of halogens is 4. The van der Waals surface area contributed by atoms with Gasteiger partial charge < -0.3 is 15.5 Å². The first kappa shape index (κ1) is 25.0. The van der Waals surface area contributed by atoms with Crippen molar-refractivity contribution in [3.63, 3.8) is 0 Å². The number of hydrogen-bond donors (Lipinski definition) is 2. The van der Waals surface area contributed by atoms with Gasteiger partial charge in [-0.2, -0.15) is 13.2 Å². The number of amides is 3. The summed E-state index contributed by atoms with van der Waals surface area (Å²) in [4.78, 5) is 29.2. The zero-order valence-corrected chi connectivity index (χ0v) is 20.3.